The number of phenolic OH excluding ortho intramolecular Hbond substituents is 1. The monoisotopic (exact) mass is 513 g/mol. The number of hydrogen-bond acceptors (Lipinski definition) is 6. The van der Waals surface area contributed by atoms with Gasteiger partial charge in [0.05, 0.1) is 10.6 Å². The van der Waals surface area contributed by atoms with Crippen LogP contribution in [0.3, 0.4) is 0 Å². The summed E-state index contributed by atoms with van der Waals surface area (Å²) in [6.07, 6.45) is 0. The van der Waals surface area contributed by atoms with Crippen LogP contribution in [0.25, 0.3) is 10.6 Å². The Labute approximate surface area is 208 Å². The summed E-state index contributed by atoms with van der Waals surface area (Å²) >= 11 is 13.0. The Morgan fingerprint density at radius 1 is 0.971 bits per heavy atom. The second kappa shape index (κ2) is 10.1. The Kier molecular flexibility index (Phi) is 6.97. The molecule has 3 aromatic carbocycles. The molecule has 0 aliphatic rings. The number of rotatable bonds is 5. The number of hydrogen-bond donors (Lipinski definition) is 3. The van der Waals surface area contributed by atoms with Gasteiger partial charge in [0.25, 0.3) is 5.91 Å². The van der Waals surface area contributed by atoms with Crippen LogP contribution in [0.1, 0.15) is 10.4 Å². The summed E-state index contributed by atoms with van der Waals surface area (Å²) in [5.41, 5.74) is 1.89. The lowest BCUT2D eigenvalue weighted by Crippen LogP contribution is -2.26. The van der Waals surface area contributed by atoms with Crippen molar-refractivity contribution in [1.82, 2.24) is 10.2 Å². The summed E-state index contributed by atoms with van der Waals surface area (Å²) in [4.78, 5) is 26.8. The molecule has 34 heavy (non-hydrogen) atoms. The van der Waals surface area contributed by atoms with Gasteiger partial charge in [0.15, 0.2) is 5.01 Å². The molecule has 8 nitrogen and oxygen atoms in total. The van der Waals surface area contributed by atoms with Crippen molar-refractivity contribution in [2.45, 2.75) is 0 Å². The average molecular weight is 514 g/mol. The highest BCUT2D eigenvalue weighted by Crippen LogP contribution is 2.39. The van der Waals surface area contributed by atoms with E-state index in [1.807, 2.05) is 30.3 Å². The lowest BCUT2D eigenvalue weighted by molar-refractivity contribution is 0.0993. The quantitative estimate of drug-likeness (QED) is 0.297. The largest absolute Gasteiger partial charge is 0.506 e. The number of carbonyl (C=O) groups excluding carboxylic acids is 2. The number of nitrogens with zero attached hydrogens (tertiary/aromatic N) is 3. The third-order valence-electron chi connectivity index (χ3n) is 4.72. The number of anilines is 3. The molecule has 3 amide bonds. The number of benzene rings is 3. The number of nitrogens with one attached hydrogen (secondary N) is 2. The number of phenols is 1. The summed E-state index contributed by atoms with van der Waals surface area (Å²) in [5, 5.41) is 24.2. The second-order valence-electron chi connectivity index (χ2n) is 7.06. The predicted octanol–water partition coefficient (Wildman–Crippen LogP) is 6.14. The van der Waals surface area contributed by atoms with E-state index in [2.05, 4.69) is 20.8 Å². The molecule has 11 heteroatoms. The normalized spacial score (nSPS) is 10.6. The Morgan fingerprint density at radius 3 is 2.50 bits per heavy atom. The van der Waals surface area contributed by atoms with Crippen molar-refractivity contribution in [3.8, 4) is 16.3 Å². The van der Waals surface area contributed by atoms with Crippen LogP contribution < -0.4 is 15.5 Å². The molecule has 0 atom stereocenters. The molecule has 4 rings (SSSR count). The smallest absolute Gasteiger partial charge is 0.325 e. The van der Waals surface area contributed by atoms with Crippen LogP contribution in [0.15, 0.2) is 66.7 Å². The molecule has 0 fully saturated rings. The maximum absolute atomic E-state index is 12.8. The third-order valence-corrected chi connectivity index (χ3v) is 6.10. The Balaban J connectivity index is 1.44. The molecule has 172 valence electrons. The number of aromatic hydroxyl groups is 1. The number of carbonyl (C=O) groups is 2. The Hall–Kier alpha value is -3.66. The molecule has 0 aliphatic carbocycles. The van der Waals surface area contributed by atoms with Crippen LogP contribution in [-0.4, -0.2) is 34.3 Å². The molecule has 0 radical (unpaired) electrons. The van der Waals surface area contributed by atoms with E-state index >= 15 is 0 Å². The van der Waals surface area contributed by atoms with Crippen LogP contribution in [0.2, 0.25) is 10.0 Å². The molecule has 0 aliphatic heterocycles. The van der Waals surface area contributed by atoms with E-state index in [0.29, 0.717) is 26.8 Å². The highest BCUT2D eigenvalue weighted by molar-refractivity contribution is 7.18. The van der Waals surface area contributed by atoms with Gasteiger partial charge in [-0.25, -0.2) is 4.79 Å². The molecule has 1 heterocycles. The molecule has 1 aromatic heterocycles. The van der Waals surface area contributed by atoms with Gasteiger partial charge in [0.1, 0.15) is 5.75 Å². The van der Waals surface area contributed by atoms with Crippen molar-refractivity contribution in [3.63, 3.8) is 0 Å². The maximum atomic E-state index is 12.8. The van der Waals surface area contributed by atoms with Gasteiger partial charge in [-0.05, 0) is 42.5 Å². The maximum Gasteiger partial charge on any atom is 0.325 e. The Morgan fingerprint density at radius 2 is 1.74 bits per heavy atom. The molecule has 3 N–H and O–H groups in total. The van der Waals surface area contributed by atoms with E-state index in [-0.39, 0.29) is 21.8 Å². The fourth-order valence-electron chi connectivity index (χ4n) is 3.06. The van der Waals surface area contributed by atoms with Gasteiger partial charge in [-0.1, -0.05) is 58.8 Å². The predicted molar refractivity (Wildman–Crippen MR) is 135 cm³/mol. The zero-order valence-electron chi connectivity index (χ0n) is 17.6. The average Bonchev–Trinajstić information content (AvgIpc) is 3.29. The first-order valence-electron chi connectivity index (χ1n) is 9.85. The van der Waals surface area contributed by atoms with E-state index in [4.69, 9.17) is 23.2 Å². The van der Waals surface area contributed by atoms with E-state index in [1.54, 1.807) is 31.3 Å². The van der Waals surface area contributed by atoms with E-state index in [0.717, 1.165) is 17.0 Å². The van der Waals surface area contributed by atoms with Crippen molar-refractivity contribution in [3.05, 3.63) is 82.3 Å². The van der Waals surface area contributed by atoms with E-state index in [1.165, 1.54) is 17.0 Å². The van der Waals surface area contributed by atoms with Gasteiger partial charge < -0.3 is 15.3 Å². The highest BCUT2D eigenvalue weighted by atomic mass is 35.5. The number of halogens is 2. The van der Waals surface area contributed by atoms with Gasteiger partial charge >= 0.3 is 6.03 Å². The van der Waals surface area contributed by atoms with Gasteiger partial charge in [-0.2, -0.15) is 0 Å². The van der Waals surface area contributed by atoms with Crippen LogP contribution in [0.4, 0.5) is 21.3 Å². The molecule has 0 spiro atoms. The molecule has 0 saturated heterocycles. The SMILES string of the molecule is CN(C(=O)c1cccc(NC(=O)Nc2nnc(-c3cc(Cl)cc(Cl)c3O)s2)c1)c1ccccc1. The summed E-state index contributed by atoms with van der Waals surface area (Å²) in [5.74, 6) is -0.399. The fraction of sp³-hybridized carbons (Fsp3) is 0.0435. The Bertz CT molecular complexity index is 1360. The lowest BCUT2D eigenvalue weighted by Gasteiger charge is -2.17. The zero-order valence-corrected chi connectivity index (χ0v) is 19.9. The topological polar surface area (TPSA) is 107 Å². The first kappa shape index (κ1) is 23.5. The fourth-order valence-corrected chi connectivity index (χ4v) is 4.31. The number of amides is 3. The standard InChI is InChI=1S/C23H17Cl2N5O3S/c1-30(16-8-3-2-4-9-16)21(32)13-6-5-7-15(10-13)26-22(33)27-23-29-28-20(34-23)17-11-14(24)12-18(25)19(17)31/h2-12,31H,1H3,(H2,26,27,29,33). The minimum Gasteiger partial charge on any atom is -0.506 e. The minimum atomic E-state index is -0.572. The van der Waals surface area contributed by atoms with E-state index in [9.17, 15) is 14.7 Å². The van der Waals surface area contributed by atoms with Crippen molar-refractivity contribution in [1.29, 1.82) is 0 Å². The van der Waals surface area contributed by atoms with Crippen molar-refractivity contribution >= 4 is 63.0 Å². The van der Waals surface area contributed by atoms with Crippen LogP contribution >= 0.6 is 34.5 Å². The van der Waals surface area contributed by atoms with Crippen LogP contribution in [0, 0.1) is 0 Å². The van der Waals surface area contributed by atoms with Crippen molar-refractivity contribution in [2.75, 3.05) is 22.6 Å². The van der Waals surface area contributed by atoms with Gasteiger partial charge in [-0.15, -0.1) is 10.2 Å². The van der Waals surface area contributed by atoms with E-state index < -0.39 is 6.03 Å². The molecule has 0 bridgehead atoms. The highest BCUT2D eigenvalue weighted by Gasteiger charge is 2.17. The van der Waals surface area contributed by atoms with Crippen LogP contribution in [0.5, 0.6) is 5.75 Å². The van der Waals surface area contributed by atoms with Gasteiger partial charge in [0.2, 0.25) is 5.13 Å². The van der Waals surface area contributed by atoms with Crippen molar-refractivity contribution < 1.29 is 14.7 Å². The number of urea groups is 1. The van der Waals surface area contributed by atoms with Crippen LogP contribution in [-0.2, 0) is 0 Å². The van der Waals surface area contributed by atoms with Gasteiger partial charge in [0, 0.05) is 29.0 Å². The minimum absolute atomic E-state index is 0.0808. The summed E-state index contributed by atoms with van der Waals surface area (Å²) in [6.45, 7) is 0. The summed E-state index contributed by atoms with van der Waals surface area (Å²) in [6, 6.07) is 18.2. The lowest BCUT2D eigenvalue weighted by atomic mass is 10.1. The molecular formula is C23H17Cl2N5O3S. The summed E-state index contributed by atoms with van der Waals surface area (Å²) in [7, 11) is 1.68. The van der Waals surface area contributed by atoms with Gasteiger partial charge in [-0.3, -0.25) is 10.1 Å². The molecule has 0 saturated carbocycles. The molecule has 0 unspecified atom stereocenters. The number of para-hydroxylation sites is 1. The van der Waals surface area contributed by atoms with Crippen molar-refractivity contribution in [2.24, 2.45) is 0 Å². The summed E-state index contributed by atoms with van der Waals surface area (Å²) < 4.78 is 0. The first-order valence-corrected chi connectivity index (χ1v) is 11.4. The molecule has 4 aromatic rings. The zero-order chi connectivity index (χ0) is 24.2. The number of aromatic nitrogens is 2. The molecular weight excluding hydrogens is 497 g/mol. The third kappa shape index (κ3) is 5.28. The first-order chi connectivity index (χ1) is 16.3. The second-order valence-corrected chi connectivity index (χ2v) is 8.88.